The number of alkyl halides is 3. The van der Waals surface area contributed by atoms with Crippen molar-refractivity contribution < 1.29 is 26.8 Å². The van der Waals surface area contributed by atoms with E-state index in [0.29, 0.717) is 0 Å². The van der Waals surface area contributed by atoms with Gasteiger partial charge in [0.25, 0.3) is 5.91 Å². The molecule has 9 heteroatoms. The van der Waals surface area contributed by atoms with E-state index in [4.69, 9.17) is 16.0 Å². The van der Waals surface area contributed by atoms with Crippen molar-refractivity contribution in [3.05, 3.63) is 82.3 Å². The fraction of sp³-hybridized carbons (Fsp3) is 0.0476. The zero-order chi connectivity index (χ0) is 21.9. The Morgan fingerprint density at radius 3 is 2.53 bits per heavy atom. The van der Waals surface area contributed by atoms with Crippen molar-refractivity contribution in [1.82, 2.24) is 0 Å². The maximum atomic E-state index is 13.7. The second-order valence-corrected chi connectivity index (χ2v) is 6.41. The molecule has 0 aliphatic rings. The maximum Gasteiger partial charge on any atom is 0.416 e. The van der Waals surface area contributed by atoms with E-state index in [9.17, 15) is 27.6 Å². The average molecular weight is 435 g/mol. The number of benzene rings is 2. The normalized spacial score (nSPS) is 11.8. The van der Waals surface area contributed by atoms with Crippen molar-refractivity contribution in [2.75, 3.05) is 5.32 Å². The van der Waals surface area contributed by atoms with Crippen LogP contribution in [0, 0.1) is 17.1 Å². The number of anilines is 1. The number of carbonyl (C=O) groups excluding carboxylic acids is 1. The van der Waals surface area contributed by atoms with Crippen LogP contribution in [-0.4, -0.2) is 5.91 Å². The first-order valence-corrected chi connectivity index (χ1v) is 8.71. The summed E-state index contributed by atoms with van der Waals surface area (Å²) < 4.78 is 57.9. The van der Waals surface area contributed by atoms with Crippen molar-refractivity contribution in [1.29, 1.82) is 5.26 Å². The Hall–Kier alpha value is -3.57. The van der Waals surface area contributed by atoms with Crippen LogP contribution >= 0.6 is 11.6 Å². The van der Waals surface area contributed by atoms with Gasteiger partial charge < -0.3 is 9.73 Å². The maximum absolute atomic E-state index is 13.7. The van der Waals surface area contributed by atoms with Gasteiger partial charge in [-0.1, -0.05) is 23.7 Å². The zero-order valence-electron chi connectivity index (χ0n) is 14.9. The molecule has 3 aromatic rings. The summed E-state index contributed by atoms with van der Waals surface area (Å²) in [5.74, 6) is -1.51. The van der Waals surface area contributed by atoms with Gasteiger partial charge in [-0.15, -0.1) is 0 Å². The molecule has 0 bridgehead atoms. The first-order chi connectivity index (χ1) is 14.2. The van der Waals surface area contributed by atoms with E-state index in [1.165, 1.54) is 30.3 Å². The van der Waals surface area contributed by atoms with Gasteiger partial charge in [0.15, 0.2) is 0 Å². The number of amides is 1. The standard InChI is InChI=1S/C21H11ClF4N2O2/c22-16-7-5-13(21(24,25)26)10-15(16)19-8-6-14(30-19)9-12(11-27)20(29)28-18-4-2-1-3-17(18)23/h1-10H,(H,28,29). The highest BCUT2D eigenvalue weighted by Gasteiger charge is 2.31. The van der Waals surface area contributed by atoms with Crippen LogP contribution in [-0.2, 0) is 11.0 Å². The van der Waals surface area contributed by atoms with Crippen LogP contribution in [0.25, 0.3) is 17.4 Å². The topological polar surface area (TPSA) is 66.0 Å². The predicted molar refractivity (Wildman–Crippen MR) is 103 cm³/mol. The highest BCUT2D eigenvalue weighted by molar-refractivity contribution is 6.33. The van der Waals surface area contributed by atoms with Crippen LogP contribution in [0.1, 0.15) is 11.3 Å². The Bertz CT molecular complexity index is 1180. The minimum atomic E-state index is -4.56. The first kappa shape index (κ1) is 21.1. The number of para-hydroxylation sites is 1. The highest BCUT2D eigenvalue weighted by Crippen LogP contribution is 2.36. The van der Waals surface area contributed by atoms with Crippen LogP contribution < -0.4 is 5.32 Å². The van der Waals surface area contributed by atoms with E-state index < -0.39 is 29.0 Å². The molecule has 1 aromatic heterocycles. The Balaban J connectivity index is 1.88. The molecular weight excluding hydrogens is 424 g/mol. The molecule has 0 unspecified atom stereocenters. The molecule has 0 aliphatic heterocycles. The van der Waals surface area contributed by atoms with Crippen LogP contribution in [0.3, 0.4) is 0 Å². The molecule has 0 radical (unpaired) electrons. The van der Waals surface area contributed by atoms with Gasteiger partial charge in [0.2, 0.25) is 0 Å². The smallest absolute Gasteiger partial charge is 0.416 e. The number of nitrogens with one attached hydrogen (secondary N) is 1. The van der Waals surface area contributed by atoms with Crippen LogP contribution in [0.4, 0.5) is 23.2 Å². The minimum absolute atomic E-state index is 0.000424. The number of halogens is 5. The van der Waals surface area contributed by atoms with Crippen molar-refractivity contribution in [3.8, 4) is 17.4 Å². The molecule has 0 aliphatic carbocycles. The number of hydrogen-bond acceptors (Lipinski definition) is 3. The molecule has 2 aromatic carbocycles. The molecule has 4 nitrogen and oxygen atoms in total. The second-order valence-electron chi connectivity index (χ2n) is 6.00. The minimum Gasteiger partial charge on any atom is -0.457 e. The van der Waals surface area contributed by atoms with Gasteiger partial charge in [0.05, 0.1) is 16.3 Å². The summed E-state index contributed by atoms with van der Waals surface area (Å²) in [6.45, 7) is 0. The van der Waals surface area contributed by atoms with Gasteiger partial charge in [-0.2, -0.15) is 18.4 Å². The van der Waals surface area contributed by atoms with Gasteiger partial charge >= 0.3 is 6.18 Å². The summed E-state index contributed by atoms with van der Waals surface area (Å²) in [5, 5.41) is 11.5. The summed E-state index contributed by atoms with van der Waals surface area (Å²) in [7, 11) is 0. The number of rotatable bonds is 4. The van der Waals surface area contributed by atoms with Crippen molar-refractivity contribution in [2.45, 2.75) is 6.18 Å². The quantitative estimate of drug-likeness (QED) is 0.297. The zero-order valence-corrected chi connectivity index (χ0v) is 15.7. The molecule has 1 N–H and O–H groups in total. The van der Waals surface area contributed by atoms with E-state index in [2.05, 4.69) is 5.32 Å². The first-order valence-electron chi connectivity index (χ1n) is 8.33. The van der Waals surface area contributed by atoms with Crippen LogP contribution in [0.2, 0.25) is 5.02 Å². The molecule has 0 spiro atoms. The number of nitrogens with zero attached hydrogens (tertiary/aromatic N) is 1. The van der Waals surface area contributed by atoms with E-state index in [0.717, 1.165) is 30.3 Å². The average Bonchev–Trinajstić information content (AvgIpc) is 3.15. The molecule has 3 rings (SSSR count). The Labute approximate surface area is 173 Å². The monoisotopic (exact) mass is 434 g/mol. The fourth-order valence-corrected chi connectivity index (χ4v) is 2.72. The van der Waals surface area contributed by atoms with Gasteiger partial charge in [-0.3, -0.25) is 4.79 Å². The number of carbonyl (C=O) groups is 1. The number of nitriles is 1. The molecule has 0 saturated carbocycles. The van der Waals surface area contributed by atoms with Gasteiger partial charge in [-0.25, -0.2) is 4.39 Å². The van der Waals surface area contributed by atoms with Gasteiger partial charge in [-0.05, 0) is 42.5 Å². The second kappa shape index (κ2) is 8.43. The lowest BCUT2D eigenvalue weighted by atomic mass is 10.1. The Kier molecular flexibility index (Phi) is 5.94. The highest BCUT2D eigenvalue weighted by atomic mass is 35.5. The molecule has 0 fully saturated rings. The summed E-state index contributed by atoms with van der Waals surface area (Å²) in [6, 6.07) is 12.6. The van der Waals surface area contributed by atoms with Crippen molar-refractivity contribution >= 4 is 29.3 Å². The van der Waals surface area contributed by atoms with Crippen LogP contribution in [0.5, 0.6) is 0 Å². The van der Waals surface area contributed by atoms with E-state index in [1.807, 2.05) is 0 Å². The lowest BCUT2D eigenvalue weighted by Gasteiger charge is -2.09. The Morgan fingerprint density at radius 2 is 1.87 bits per heavy atom. The molecule has 1 amide bonds. The molecule has 30 heavy (non-hydrogen) atoms. The third kappa shape index (κ3) is 4.70. The van der Waals surface area contributed by atoms with Crippen molar-refractivity contribution in [3.63, 3.8) is 0 Å². The van der Waals surface area contributed by atoms with Gasteiger partial charge in [0, 0.05) is 11.6 Å². The third-order valence-electron chi connectivity index (χ3n) is 3.96. The number of furan rings is 1. The number of hydrogen-bond donors (Lipinski definition) is 1. The molecular formula is C21H11ClF4N2O2. The molecule has 1 heterocycles. The van der Waals surface area contributed by atoms with Crippen LogP contribution in [0.15, 0.2) is 64.6 Å². The molecule has 0 saturated heterocycles. The third-order valence-corrected chi connectivity index (χ3v) is 4.29. The summed E-state index contributed by atoms with van der Waals surface area (Å²) >= 11 is 5.98. The van der Waals surface area contributed by atoms with Crippen molar-refractivity contribution in [2.24, 2.45) is 0 Å². The van der Waals surface area contributed by atoms with E-state index >= 15 is 0 Å². The van der Waals surface area contributed by atoms with E-state index in [1.54, 1.807) is 6.07 Å². The summed E-state index contributed by atoms with van der Waals surface area (Å²) in [6.07, 6.45) is -3.48. The lowest BCUT2D eigenvalue weighted by molar-refractivity contribution is -0.137. The molecule has 0 atom stereocenters. The Morgan fingerprint density at radius 1 is 1.13 bits per heavy atom. The summed E-state index contributed by atoms with van der Waals surface area (Å²) in [4.78, 5) is 12.2. The molecule has 152 valence electrons. The largest absolute Gasteiger partial charge is 0.457 e. The van der Waals surface area contributed by atoms with Gasteiger partial charge in [0.1, 0.15) is 29.0 Å². The summed E-state index contributed by atoms with van der Waals surface area (Å²) in [5.41, 5.74) is -1.41. The SMILES string of the molecule is N#CC(=Cc1ccc(-c2cc(C(F)(F)F)ccc2Cl)o1)C(=O)Nc1ccccc1F. The predicted octanol–water partition coefficient (Wildman–Crippen LogP) is 6.30. The lowest BCUT2D eigenvalue weighted by Crippen LogP contribution is -2.14. The fourth-order valence-electron chi connectivity index (χ4n) is 2.51. The van der Waals surface area contributed by atoms with E-state index in [-0.39, 0.29) is 27.8 Å².